The second-order valence-corrected chi connectivity index (χ2v) is 8.93. The number of rotatable bonds is 6. The van der Waals surface area contributed by atoms with Crippen molar-refractivity contribution >= 4 is 23.2 Å². The Labute approximate surface area is 190 Å². The average Bonchev–Trinajstić information content (AvgIpc) is 2.83. The van der Waals surface area contributed by atoms with E-state index in [1.54, 1.807) is 13.2 Å². The minimum absolute atomic E-state index is 0.0818. The number of piperidine rings is 2. The lowest BCUT2D eigenvalue weighted by Gasteiger charge is -2.40. The second kappa shape index (κ2) is 10.4. The van der Waals surface area contributed by atoms with Gasteiger partial charge in [-0.15, -0.1) is 0 Å². The van der Waals surface area contributed by atoms with Crippen molar-refractivity contribution in [2.45, 2.75) is 44.7 Å². The first kappa shape index (κ1) is 22.0. The van der Waals surface area contributed by atoms with Crippen molar-refractivity contribution in [1.82, 2.24) is 9.80 Å². The molecule has 1 amide bonds. The molecule has 0 spiro atoms. The Balaban J connectivity index is 1.32. The molecule has 5 nitrogen and oxygen atoms in total. The van der Waals surface area contributed by atoms with Crippen LogP contribution < -0.4 is 10.1 Å². The Morgan fingerprint density at radius 2 is 1.84 bits per heavy atom. The lowest BCUT2D eigenvalue weighted by Crippen LogP contribution is -2.48. The molecule has 2 aliphatic heterocycles. The Kier molecular flexibility index (Phi) is 7.36. The number of methoxy groups -OCH3 is 1. The van der Waals surface area contributed by atoms with Gasteiger partial charge in [0.1, 0.15) is 5.75 Å². The van der Waals surface area contributed by atoms with Crippen molar-refractivity contribution in [2.24, 2.45) is 0 Å². The summed E-state index contributed by atoms with van der Waals surface area (Å²) in [5, 5.41) is 3.92. The van der Waals surface area contributed by atoms with E-state index < -0.39 is 0 Å². The molecule has 0 bridgehead atoms. The second-order valence-electron chi connectivity index (χ2n) is 8.52. The highest BCUT2D eigenvalue weighted by atomic mass is 35.5. The van der Waals surface area contributed by atoms with Crippen LogP contribution >= 0.6 is 11.6 Å². The van der Waals surface area contributed by atoms with E-state index in [1.807, 2.05) is 41.3 Å². The van der Waals surface area contributed by atoms with Gasteiger partial charge in [0.25, 0.3) is 5.91 Å². The van der Waals surface area contributed by atoms with Crippen LogP contribution in [-0.4, -0.2) is 55.0 Å². The van der Waals surface area contributed by atoms with Gasteiger partial charge in [0.15, 0.2) is 0 Å². The quantitative estimate of drug-likeness (QED) is 0.681. The molecule has 0 aliphatic carbocycles. The highest BCUT2D eigenvalue weighted by molar-refractivity contribution is 6.33. The summed E-state index contributed by atoms with van der Waals surface area (Å²) in [7, 11) is 1.66. The Bertz CT molecular complexity index is 890. The number of amides is 1. The Morgan fingerprint density at radius 3 is 2.55 bits per heavy atom. The standard InChI is InChI=1S/C25H32ClN3O2/c1-31-22-7-5-6-19(16-22)18-27-24-9-8-20(17-23(24)26)25(30)29-14-10-21(11-15-29)28-12-3-2-4-13-28/h5-9,16-17,21,27H,2-4,10-15,18H2,1H3. The summed E-state index contributed by atoms with van der Waals surface area (Å²) in [6.07, 6.45) is 6.13. The molecule has 0 atom stereocenters. The molecule has 0 aromatic heterocycles. The molecule has 4 rings (SSSR count). The minimum atomic E-state index is 0.0818. The number of carbonyl (C=O) groups excluding carboxylic acids is 1. The molecule has 31 heavy (non-hydrogen) atoms. The number of nitrogens with zero attached hydrogens (tertiary/aromatic N) is 2. The fourth-order valence-corrected chi connectivity index (χ4v) is 4.92. The zero-order valence-electron chi connectivity index (χ0n) is 18.3. The van der Waals surface area contributed by atoms with E-state index in [1.165, 1.54) is 32.4 Å². The Morgan fingerprint density at radius 1 is 1.06 bits per heavy atom. The molecule has 1 N–H and O–H groups in total. The van der Waals surface area contributed by atoms with Gasteiger partial charge in [0.05, 0.1) is 17.8 Å². The van der Waals surface area contributed by atoms with Crippen LogP contribution in [0.25, 0.3) is 0 Å². The SMILES string of the molecule is COc1cccc(CNc2ccc(C(=O)N3CCC(N4CCCCC4)CC3)cc2Cl)c1. The molecule has 2 saturated heterocycles. The van der Waals surface area contributed by atoms with Crippen LogP contribution in [0.5, 0.6) is 5.75 Å². The number of carbonyl (C=O) groups is 1. The molecule has 0 saturated carbocycles. The number of ether oxygens (including phenoxy) is 1. The van der Waals surface area contributed by atoms with Crippen molar-refractivity contribution in [3.63, 3.8) is 0 Å². The van der Waals surface area contributed by atoms with Gasteiger partial charge in [-0.1, -0.05) is 30.2 Å². The third-order valence-electron chi connectivity index (χ3n) is 6.49. The van der Waals surface area contributed by atoms with Crippen LogP contribution in [-0.2, 0) is 6.54 Å². The maximum Gasteiger partial charge on any atom is 0.253 e. The summed E-state index contributed by atoms with van der Waals surface area (Å²) in [5.41, 5.74) is 2.59. The zero-order chi connectivity index (χ0) is 21.6. The number of likely N-dealkylation sites (tertiary alicyclic amines) is 2. The van der Waals surface area contributed by atoms with Crippen LogP contribution in [0.3, 0.4) is 0 Å². The summed E-state index contributed by atoms with van der Waals surface area (Å²) in [5.74, 6) is 0.911. The van der Waals surface area contributed by atoms with Gasteiger partial charge < -0.3 is 19.9 Å². The number of hydrogen-bond donors (Lipinski definition) is 1. The van der Waals surface area contributed by atoms with Gasteiger partial charge in [-0.25, -0.2) is 0 Å². The van der Waals surface area contributed by atoms with Crippen molar-refractivity contribution in [2.75, 3.05) is 38.6 Å². The molecule has 0 unspecified atom stereocenters. The third-order valence-corrected chi connectivity index (χ3v) is 6.80. The van der Waals surface area contributed by atoms with Gasteiger partial charge in [-0.05, 0) is 74.7 Å². The average molecular weight is 442 g/mol. The number of halogens is 1. The van der Waals surface area contributed by atoms with E-state index in [0.29, 0.717) is 23.2 Å². The topological polar surface area (TPSA) is 44.8 Å². The van der Waals surface area contributed by atoms with Crippen molar-refractivity contribution in [3.8, 4) is 5.75 Å². The minimum Gasteiger partial charge on any atom is -0.497 e. The first-order valence-electron chi connectivity index (χ1n) is 11.3. The lowest BCUT2D eigenvalue weighted by atomic mass is 9.99. The van der Waals surface area contributed by atoms with E-state index in [-0.39, 0.29) is 5.91 Å². The predicted molar refractivity (Wildman–Crippen MR) is 126 cm³/mol. The highest BCUT2D eigenvalue weighted by Gasteiger charge is 2.28. The van der Waals surface area contributed by atoms with Crippen molar-refractivity contribution in [3.05, 3.63) is 58.6 Å². The molecule has 0 radical (unpaired) electrons. The van der Waals surface area contributed by atoms with Gasteiger partial charge in [0, 0.05) is 31.2 Å². The Hall–Kier alpha value is -2.24. The van der Waals surface area contributed by atoms with Crippen molar-refractivity contribution in [1.29, 1.82) is 0 Å². The molecule has 2 heterocycles. The summed E-state index contributed by atoms with van der Waals surface area (Å²) in [6.45, 7) is 4.73. The van der Waals surface area contributed by atoms with Gasteiger partial charge in [-0.2, -0.15) is 0 Å². The summed E-state index contributed by atoms with van der Waals surface area (Å²) < 4.78 is 5.27. The van der Waals surface area contributed by atoms with E-state index in [9.17, 15) is 4.79 Å². The largest absolute Gasteiger partial charge is 0.497 e. The van der Waals surface area contributed by atoms with Crippen LogP contribution in [0.15, 0.2) is 42.5 Å². The van der Waals surface area contributed by atoms with Crippen LogP contribution in [0, 0.1) is 0 Å². The van der Waals surface area contributed by atoms with E-state index in [2.05, 4.69) is 10.2 Å². The van der Waals surface area contributed by atoms with E-state index in [4.69, 9.17) is 16.3 Å². The number of benzene rings is 2. The molecular formula is C25H32ClN3O2. The number of hydrogen-bond acceptors (Lipinski definition) is 4. The zero-order valence-corrected chi connectivity index (χ0v) is 19.0. The molecule has 2 aromatic rings. The van der Waals surface area contributed by atoms with Gasteiger partial charge in [0.2, 0.25) is 0 Å². The van der Waals surface area contributed by atoms with Crippen molar-refractivity contribution < 1.29 is 9.53 Å². The van der Waals surface area contributed by atoms with E-state index in [0.717, 1.165) is 42.9 Å². The first-order valence-corrected chi connectivity index (χ1v) is 11.7. The third kappa shape index (κ3) is 5.52. The van der Waals surface area contributed by atoms with Crippen LogP contribution in [0.2, 0.25) is 5.02 Å². The highest BCUT2D eigenvalue weighted by Crippen LogP contribution is 2.26. The van der Waals surface area contributed by atoms with Gasteiger partial charge >= 0.3 is 0 Å². The normalized spacial score (nSPS) is 18.1. The fraction of sp³-hybridized carbons (Fsp3) is 0.480. The summed E-state index contributed by atoms with van der Waals surface area (Å²) in [4.78, 5) is 17.6. The van der Waals surface area contributed by atoms with Gasteiger partial charge in [-0.3, -0.25) is 4.79 Å². The maximum absolute atomic E-state index is 13.0. The summed E-state index contributed by atoms with van der Waals surface area (Å²) >= 11 is 6.50. The monoisotopic (exact) mass is 441 g/mol. The molecule has 2 fully saturated rings. The molecular weight excluding hydrogens is 410 g/mol. The smallest absolute Gasteiger partial charge is 0.253 e. The molecule has 166 valence electrons. The number of nitrogens with one attached hydrogen (secondary N) is 1. The fourth-order valence-electron chi connectivity index (χ4n) is 4.67. The predicted octanol–water partition coefficient (Wildman–Crippen LogP) is 5.05. The number of anilines is 1. The van der Waals surface area contributed by atoms with Crippen LogP contribution in [0.4, 0.5) is 5.69 Å². The van der Waals surface area contributed by atoms with E-state index >= 15 is 0 Å². The summed E-state index contributed by atoms with van der Waals surface area (Å²) in [6, 6.07) is 14.1. The molecule has 6 heteroatoms. The first-order chi connectivity index (χ1) is 15.1. The molecule has 2 aliphatic rings. The molecule has 2 aromatic carbocycles. The maximum atomic E-state index is 13.0. The van der Waals surface area contributed by atoms with Crippen LogP contribution in [0.1, 0.15) is 48.0 Å². The lowest BCUT2D eigenvalue weighted by molar-refractivity contribution is 0.0590.